The second-order valence-corrected chi connectivity index (χ2v) is 17.7. The maximum atomic E-state index is 12.0. The first-order chi connectivity index (χ1) is 17.0. The van der Waals surface area contributed by atoms with E-state index >= 15 is 0 Å². The molecule has 36 heavy (non-hydrogen) atoms. The molecule has 0 aromatic rings. The van der Waals surface area contributed by atoms with E-state index in [0.29, 0.717) is 29.5 Å². The second kappa shape index (κ2) is 20.6. The van der Waals surface area contributed by atoms with E-state index in [1.54, 1.807) is 0 Å². The molecule has 0 aliphatic carbocycles. The fraction of sp³-hybridized carbons (Fsp3) is 0.968. The van der Waals surface area contributed by atoms with Gasteiger partial charge in [0.25, 0.3) is 0 Å². The van der Waals surface area contributed by atoms with Crippen LogP contribution in [0, 0.1) is 5.92 Å². The fourth-order valence-corrected chi connectivity index (χ4v) is 11.9. The van der Waals surface area contributed by atoms with Gasteiger partial charge < -0.3 is 14.6 Å². The predicted molar refractivity (Wildman–Crippen MR) is 158 cm³/mol. The molecule has 0 amide bonds. The quantitative estimate of drug-likeness (QED) is 0.0966. The maximum absolute atomic E-state index is 12.0. The minimum Gasteiger partial charge on any atom is -0.481 e. The van der Waals surface area contributed by atoms with Gasteiger partial charge in [0.1, 0.15) is 0 Å². The molecule has 3 atom stereocenters. The Balaban J connectivity index is 5.26. The van der Waals surface area contributed by atoms with Crippen LogP contribution in [0.1, 0.15) is 158 Å². The Morgan fingerprint density at radius 2 is 1.06 bits per heavy atom. The Morgan fingerprint density at radius 3 is 1.47 bits per heavy atom. The SMILES string of the molecule is CCCCCCCCCCC[C@H](C[C@H](O)[C@@H](CCCCCC)C(=O)O)O[Si](C(C)C)(C(C)C)C(C)C. The molecule has 0 aliphatic heterocycles. The lowest BCUT2D eigenvalue weighted by molar-refractivity contribution is -0.146. The summed E-state index contributed by atoms with van der Waals surface area (Å²) in [5, 5.41) is 21.0. The van der Waals surface area contributed by atoms with Gasteiger partial charge in [0.15, 0.2) is 0 Å². The number of aliphatic carboxylic acids is 1. The summed E-state index contributed by atoms with van der Waals surface area (Å²) in [5.74, 6) is -1.55. The second-order valence-electron chi connectivity index (χ2n) is 12.3. The van der Waals surface area contributed by atoms with E-state index < -0.39 is 26.3 Å². The van der Waals surface area contributed by atoms with Crippen molar-refractivity contribution in [2.75, 3.05) is 0 Å². The Hall–Kier alpha value is -0.393. The lowest BCUT2D eigenvalue weighted by Gasteiger charge is -2.45. The molecule has 0 bridgehead atoms. The monoisotopic (exact) mass is 528 g/mol. The predicted octanol–water partition coefficient (Wildman–Crippen LogP) is 9.89. The third-order valence-electron chi connectivity index (χ3n) is 8.36. The highest BCUT2D eigenvalue weighted by molar-refractivity contribution is 6.77. The summed E-state index contributed by atoms with van der Waals surface area (Å²) in [6, 6.07) is 0. The molecule has 0 heterocycles. The number of hydrogen-bond acceptors (Lipinski definition) is 3. The largest absolute Gasteiger partial charge is 0.481 e. The van der Waals surface area contributed by atoms with Gasteiger partial charge in [-0.3, -0.25) is 4.79 Å². The van der Waals surface area contributed by atoms with Gasteiger partial charge >= 0.3 is 5.97 Å². The molecule has 0 radical (unpaired) electrons. The van der Waals surface area contributed by atoms with Crippen LogP contribution in [0.5, 0.6) is 0 Å². The molecule has 0 aliphatic rings. The highest BCUT2D eigenvalue weighted by Crippen LogP contribution is 2.44. The minimum absolute atomic E-state index is 0.0547. The van der Waals surface area contributed by atoms with Gasteiger partial charge in [-0.25, -0.2) is 0 Å². The molecule has 0 rings (SSSR count). The zero-order chi connectivity index (χ0) is 27.6. The van der Waals surface area contributed by atoms with Crippen molar-refractivity contribution in [2.24, 2.45) is 5.92 Å². The third kappa shape index (κ3) is 13.4. The first kappa shape index (κ1) is 35.6. The summed E-state index contributed by atoms with van der Waals surface area (Å²) >= 11 is 0. The van der Waals surface area contributed by atoms with Crippen molar-refractivity contribution in [1.82, 2.24) is 0 Å². The van der Waals surface area contributed by atoms with Crippen molar-refractivity contribution in [3.8, 4) is 0 Å². The number of aliphatic hydroxyl groups is 1. The zero-order valence-electron chi connectivity index (χ0n) is 25.5. The van der Waals surface area contributed by atoms with Crippen molar-refractivity contribution in [3.05, 3.63) is 0 Å². The third-order valence-corrected chi connectivity index (χ3v) is 14.5. The average Bonchev–Trinajstić information content (AvgIpc) is 2.79. The topological polar surface area (TPSA) is 66.8 Å². The molecule has 0 saturated carbocycles. The maximum Gasteiger partial charge on any atom is 0.309 e. The van der Waals surface area contributed by atoms with Crippen molar-refractivity contribution in [2.45, 2.75) is 187 Å². The molecular formula is C31H64O4Si. The number of unbranched alkanes of at least 4 members (excludes halogenated alkanes) is 11. The van der Waals surface area contributed by atoms with Crippen LogP contribution in [0.25, 0.3) is 0 Å². The zero-order valence-corrected chi connectivity index (χ0v) is 26.5. The highest BCUT2D eigenvalue weighted by atomic mass is 28.4. The average molecular weight is 529 g/mol. The molecule has 0 aromatic carbocycles. The molecule has 0 fully saturated rings. The Labute approximate surface area is 226 Å². The fourth-order valence-electron chi connectivity index (χ4n) is 6.31. The number of carbonyl (C=O) groups is 1. The summed E-state index contributed by atoms with van der Waals surface area (Å²) in [6.07, 6.45) is 16.7. The number of aliphatic hydroxyl groups excluding tert-OH is 1. The van der Waals surface area contributed by atoms with Gasteiger partial charge in [-0.1, -0.05) is 139 Å². The Kier molecular flexibility index (Phi) is 20.3. The molecule has 0 unspecified atom stereocenters. The first-order valence-electron chi connectivity index (χ1n) is 15.6. The van der Waals surface area contributed by atoms with E-state index in [4.69, 9.17) is 4.43 Å². The summed E-state index contributed by atoms with van der Waals surface area (Å²) < 4.78 is 7.12. The van der Waals surface area contributed by atoms with E-state index in [0.717, 1.165) is 38.5 Å². The van der Waals surface area contributed by atoms with Crippen LogP contribution in [0.15, 0.2) is 0 Å². The normalized spacial score (nSPS) is 15.1. The van der Waals surface area contributed by atoms with E-state index in [-0.39, 0.29) is 6.10 Å². The molecule has 0 aromatic heterocycles. The van der Waals surface area contributed by atoms with Crippen molar-refractivity contribution in [3.63, 3.8) is 0 Å². The van der Waals surface area contributed by atoms with Crippen molar-refractivity contribution >= 4 is 14.3 Å². The Bertz CT molecular complexity index is 513. The smallest absolute Gasteiger partial charge is 0.309 e. The number of carboxylic acids is 1. The van der Waals surface area contributed by atoms with Crippen LogP contribution in [0.2, 0.25) is 16.6 Å². The first-order valence-corrected chi connectivity index (χ1v) is 17.8. The summed E-state index contributed by atoms with van der Waals surface area (Å²) in [5.41, 5.74) is 1.43. The molecular weight excluding hydrogens is 464 g/mol. The lowest BCUT2D eigenvalue weighted by atomic mass is 9.90. The van der Waals surface area contributed by atoms with Crippen LogP contribution in [-0.2, 0) is 9.22 Å². The van der Waals surface area contributed by atoms with Crippen LogP contribution in [0.4, 0.5) is 0 Å². The van der Waals surface area contributed by atoms with E-state index in [1.807, 2.05) is 0 Å². The van der Waals surface area contributed by atoms with E-state index in [2.05, 4.69) is 55.4 Å². The number of carboxylic acid groups (broad SMARTS) is 1. The minimum atomic E-state index is -2.11. The standard InChI is InChI=1S/C31H64O4Si/c1-9-11-13-15-16-17-18-19-20-22-28(35-36(25(3)4,26(5)6)27(7)8)24-30(32)29(31(33)34)23-21-14-12-10-2/h25-30,32H,9-24H2,1-8H3,(H,33,34)/t28-,29-,30+/m1/s1. The molecule has 216 valence electrons. The summed E-state index contributed by atoms with van der Waals surface area (Å²) in [6.45, 7) is 18.2. The van der Waals surface area contributed by atoms with Gasteiger partial charge in [0.05, 0.1) is 12.0 Å². The lowest BCUT2D eigenvalue weighted by Crippen LogP contribution is -2.51. The van der Waals surface area contributed by atoms with Crippen LogP contribution in [-0.4, -0.2) is 36.7 Å². The van der Waals surface area contributed by atoms with Crippen molar-refractivity contribution in [1.29, 1.82) is 0 Å². The van der Waals surface area contributed by atoms with Crippen LogP contribution < -0.4 is 0 Å². The molecule has 2 N–H and O–H groups in total. The van der Waals surface area contributed by atoms with Crippen LogP contribution >= 0.6 is 0 Å². The van der Waals surface area contributed by atoms with Crippen molar-refractivity contribution < 1.29 is 19.4 Å². The highest BCUT2D eigenvalue weighted by Gasteiger charge is 2.47. The van der Waals surface area contributed by atoms with Gasteiger partial charge in [-0.15, -0.1) is 0 Å². The van der Waals surface area contributed by atoms with E-state index in [9.17, 15) is 15.0 Å². The molecule has 0 spiro atoms. The molecule has 5 heteroatoms. The molecule has 4 nitrogen and oxygen atoms in total. The van der Waals surface area contributed by atoms with Gasteiger partial charge in [0.2, 0.25) is 8.32 Å². The van der Waals surface area contributed by atoms with E-state index in [1.165, 1.54) is 51.4 Å². The Morgan fingerprint density at radius 1 is 0.667 bits per heavy atom. The van der Waals surface area contributed by atoms with Gasteiger partial charge in [0, 0.05) is 6.10 Å². The van der Waals surface area contributed by atoms with Gasteiger partial charge in [-0.05, 0) is 35.9 Å². The van der Waals surface area contributed by atoms with Crippen LogP contribution in [0.3, 0.4) is 0 Å². The summed E-state index contributed by atoms with van der Waals surface area (Å²) in [4.78, 5) is 12.0. The molecule has 0 saturated heterocycles. The number of rotatable bonds is 24. The summed E-state index contributed by atoms with van der Waals surface area (Å²) in [7, 11) is -2.11. The van der Waals surface area contributed by atoms with Gasteiger partial charge in [-0.2, -0.15) is 0 Å². The number of hydrogen-bond donors (Lipinski definition) is 2.